The Hall–Kier alpha value is -0.690. The molecule has 0 saturated carbocycles. The van der Waals surface area contributed by atoms with Crippen LogP contribution in [0.1, 0.15) is 0 Å². The molecule has 1 aromatic carbocycles. The van der Waals surface area contributed by atoms with Gasteiger partial charge in [-0.05, 0) is 56.7 Å². The van der Waals surface area contributed by atoms with Gasteiger partial charge in [0.15, 0.2) is 0 Å². The molecular weight excluding hydrogens is 369 g/mol. The Morgan fingerprint density at radius 3 is 2.60 bits per heavy atom. The van der Waals surface area contributed by atoms with Crippen LogP contribution in [0.4, 0.5) is 11.6 Å². The Labute approximate surface area is 110 Å². The minimum absolute atomic E-state index is 0.597. The van der Waals surface area contributed by atoms with Crippen molar-refractivity contribution in [1.29, 1.82) is 0 Å². The highest BCUT2D eigenvalue weighted by Crippen LogP contribution is 2.16. The maximum atomic E-state index is 4.13. The van der Waals surface area contributed by atoms with Crippen LogP contribution < -0.4 is 5.32 Å². The molecule has 1 N–H and O–H groups in total. The van der Waals surface area contributed by atoms with E-state index in [9.17, 15) is 0 Å². The van der Waals surface area contributed by atoms with E-state index in [0.717, 1.165) is 10.2 Å². The largest absolute Gasteiger partial charge is 0.324 e. The van der Waals surface area contributed by atoms with Crippen LogP contribution in [-0.4, -0.2) is 9.97 Å². The lowest BCUT2D eigenvalue weighted by molar-refractivity contribution is 1.15. The maximum absolute atomic E-state index is 4.13. The second-order valence-corrected chi connectivity index (χ2v) is 5.02. The third kappa shape index (κ3) is 3.13. The summed E-state index contributed by atoms with van der Waals surface area (Å²) in [4.78, 5) is 8.26. The van der Waals surface area contributed by atoms with Crippen molar-refractivity contribution in [3.8, 4) is 0 Å². The highest BCUT2D eigenvalue weighted by molar-refractivity contribution is 14.1. The van der Waals surface area contributed by atoms with E-state index in [1.54, 1.807) is 12.4 Å². The number of benzene rings is 1. The molecule has 0 unspecified atom stereocenters. The number of nitrogens with one attached hydrogen (secondary N) is 1. The minimum Gasteiger partial charge on any atom is -0.324 e. The second kappa shape index (κ2) is 4.89. The van der Waals surface area contributed by atoms with Crippen molar-refractivity contribution in [3.63, 3.8) is 0 Å². The van der Waals surface area contributed by atoms with Gasteiger partial charge in [-0.3, -0.25) is 0 Å². The molecule has 1 aromatic heterocycles. The van der Waals surface area contributed by atoms with Gasteiger partial charge in [-0.1, -0.05) is 6.07 Å². The number of aromatic nitrogens is 2. The van der Waals surface area contributed by atoms with Crippen LogP contribution in [0.3, 0.4) is 0 Å². The van der Waals surface area contributed by atoms with Crippen molar-refractivity contribution < 1.29 is 0 Å². The molecule has 0 bridgehead atoms. The molecule has 2 rings (SSSR count). The zero-order valence-corrected chi connectivity index (χ0v) is 11.4. The van der Waals surface area contributed by atoms with Crippen LogP contribution in [0.2, 0.25) is 0 Å². The average molecular weight is 376 g/mol. The molecule has 15 heavy (non-hydrogen) atoms. The molecule has 0 aliphatic carbocycles. The lowest BCUT2D eigenvalue weighted by atomic mass is 10.3. The molecule has 0 atom stereocenters. The van der Waals surface area contributed by atoms with E-state index < -0.39 is 0 Å². The second-order valence-electron chi connectivity index (χ2n) is 2.86. The topological polar surface area (TPSA) is 37.8 Å². The molecule has 3 nitrogen and oxygen atoms in total. The van der Waals surface area contributed by atoms with Gasteiger partial charge in [0.05, 0.1) is 4.47 Å². The fourth-order valence-electron chi connectivity index (χ4n) is 1.07. The molecule has 0 aliphatic rings. The van der Waals surface area contributed by atoms with Crippen molar-refractivity contribution >= 4 is 50.2 Å². The highest BCUT2D eigenvalue weighted by atomic mass is 127. The Kier molecular flexibility index (Phi) is 3.53. The summed E-state index contributed by atoms with van der Waals surface area (Å²) in [6, 6.07) is 8.04. The zero-order chi connectivity index (χ0) is 10.7. The predicted octanol–water partition coefficient (Wildman–Crippen LogP) is 3.59. The van der Waals surface area contributed by atoms with E-state index in [4.69, 9.17) is 0 Å². The molecule has 76 valence electrons. The van der Waals surface area contributed by atoms with Crippen molar-refractivity contribution in [3.05, 3.63) is 44.7 Å². The smallest absolute Gasteiger partial charge is 0.227 e. The first-order valence-corrected chi connectivity index (χ1v) is 6.11. The van der Waals surface area contributed by atoms with E-state index in [0.29, 0.717) is 5.95 Å². The van der Waals surface area contributed by atoms with Gasteiger partial charge in [0.1, 0.15) is 0 Å². The lowest BCUT2D eigenvalue weighted by Gasteiger charge is -2.04. The van der Waals surface area contributed by atoms with Gasteiger partial charge < -0.3 is 5.32 Å². The zero-order valence-electron chi connectivity index (χ0n) is 7.61. The summed E-state index contributed by atoms with van der Waals surface area (Å²) in [7, 11) is 0. The SMILES string of the molecule is Brc1cnc(Nc2cccc(I)c2)nc1. The number of halogens is 2. The maximum Gasteiger partial charge on any atom is 0.227 e. The summed E-state index contributed by atoms with van der Waals surface area (Å²) in [5.41, 5.74) is 0.990. The lowest BCUT2D eigenvalue weighted by Crippen LogP contribution is -1.96. The first-order valence-electron chi connectivity index (χ1n) is 4.24. The standard InChI is InChI=1S/C10H7BrIN3/c11-7-5-13-10(14-6-7)15-9-3-1-2-8(12)4-9/h1-6H,(H,13,14,15). The summed E-state index contributed by atoms with van der Waals surface area (Å²) in [5, 5.41) is 3.12. The first kappa shape index (κ1) is 10.8. The summed E-state index contributed by atoms with van der Waals surface area (Å²) in [6.45, 7) is 0. The molecule has 0 aliphatic heterocycles. The molecule has 0 amide bonds. The monoisotopic (exact) mass is 375 g/mol. The van der Waals surface area contributed by atoms with Gasteiger partial charge in [-0.2, -0.15) is 0 Å². The molecule has 2 aromatic rings. The van der Waals surface area contributed by atoms with Crippen LogP contribution in [0.25, 0.3) is 0 Å². The van der Waals surface area contributed by atoms with E-state index >= 15 is 0 Å². The van der Waals surface area contributed by atoms with Crippen LogP contribution in [-0.2, 0) is 0 Å². The third-order valence-corrected chi connectivity index (χ3v) is 2.78. The van der Waals surface area contributed by atoms with Gasteiger partial charge in [0.25, 0.3) is 0 Å². The first-order chi connectivity index (χ1) is 7.24. The summed E-state index contributed by atoms with van der Waals surface area (Å²) < 4.78 is 2.05. The molecule has 0 spiro atoms. The quantitative estimate of drug-likeness (QED) is 0.815. The van der Waals surface area contributed by atoms with Gasteiger partial charge in [-0.15, -0.1) is 0 Å². The Morgan fingerprint density at radius 2 is 1.93 bits per heavy atom. The van der Waals surface area contributed by atoms with Gasteiger partial charge in [0, 0.05) is 21.7 Å². The Morgan fingerprint density at radius 1 is 1.20 bits per heavy atom. The molecular formula is C10H7BrIN3. The van der Waals surface area contributed by atoms with E-state index in [1.165, 1.54) is 3.57 Å². The predicted molar refractivity (Wildman–Crippen MR) is 72.2 cm³/mol. The van der Waals surface area contributed by atoms with Gasteiger partial charge >= 0.3 is 0 Å². The average Bonchev–Trinajstić information content (AvgIpc) is 2.22. The number of hydrogen-bond donors (Lipinski definition) is 1. The highest BCUT2D eigenvalue weighted by Gasteiger charge is 1.97. The van der Waals surface area contributed by atoms with E-state index in [-0.39, 0.29) is 0 Å². The molecule has 0 fully saturated rings. The third-order valence-electron chi connectivity index (χ3n) is 1.70. The summed E-state index contributed by atoms with van der Waals surface area (Å²) >= 11 is 5.55. The van der Waals surface area contributed by atoms with Crippen LogP contribution in [0.15, 0.2) is 41.1 Å². The summed E-state index contributed by atoms with van der Waals surface area (Å²) in [5.74, 6) is 0.597. The molecule has 0 saturated heterocycles. The van der Waals surface area contributed by atoms with E-state index in [1.807, 2.05) is 24.3 Å². The number of nitrogens with zero attached hydrogens (tertiary/aromatic N) is 2. The minimum atomic E-state index is 0.597. The van der Waals surface area contributed by atoms with Crippen LogP contribution in [0, 0.1) is 3.57 Å². The molecule has 5 heteroatoms. The number of anilines is 2. The van der Waals surface area contributed by atoms with Crippen molar-refractivity contribution in [2.45, 2.75) is 0 Å². The Bertz CT molecular complexity index is 458. The number of rotatable bonds is 2. The number of hydrogen-bond acceptors (Lipinski definition) is 3. The van der Waals surface area contributed by atoms with Crippen molar-refractivity contribution in [2.24, 2.45) is 0 Å². The fraction of sp³-hybridized carbons (Fsp3) is 0. The van der Waals surface area contributed by atoms with Crippen molar-refractivity contribution in [1.82, 2.24) is 9.97 Å². The van der Waals surface area contributed by atoms with Crippen molar-refractivity contribution in [2.75, 3.05) is 5.32 Å². The summed E-state index contributed by atoms with van der Waals surface area (Å²) in [6.07, 6.45) is 3.42. The fourth-order valence-corrected chi connectivity index (χ4v) is 1.82. The molecule has 0 radical (unpaired) electrons. The van der Waals surface area contributed by atoms with Gasteiger partial charge in [-0.25, -0.2) is 9.97 Å². The molecule has 1 heterocycles. The van der Waals surface area contributed by atoms with Crippen LogP contribution >= 0.6 is 38.5 Å². The Balaban J connectivity index is 2.18. The normalized spacial score (nSPS) is 10.0. The van der Waals surface area contributed by atoms with E-state index in [2.05, 4.69) is 53.8 Å². The van der Waals surface area contributed by atoms with Crippen LogP contribution in [0.5, 0.6) is 0 Å². The van der Waals surface area contributed by atoms with Gasteiger partial charge in [0.2, 0.25) is 5.95 Å².